The molecule has 0 atom stereocenters. The second kappa shape index (κ2) is 11.2. The van der Waals surface area contributed by atoms with Crippen LogP contribution in [0.1, 0.15) is 32.5 Å². The maximum atomic E-state index is 4.26. The molecule has 0 spiro atoms. The van der Waals surface area contributed by atoms with Gasteiger partial charge >= 0.3 is 0 Å². The van der Waals surface area contributed by atoms with Gasteiger partial charge in [0, 0.05) is 25.8 Å². The highest BCUT2D eigenvalue weighted by Crippen LogP contribution is 2.02. The van der Waals surface area contributed by atoms with E-state index < -0.39 is 0 Å². The lowest BCUT2D eigenvalue weighted by molar-refractivity contribution is 0.268. The van der Waals surface area contributed by atoms with E-state index >= 15 is 0 Å². The number of aliphatic imine (C=N–C) groups is 1. The van der Waals surface area contributed by atoms with Crippen LogP contribution in [0.4, 0.5) is 0 Å². The Kier molecular flexibility index (Phi) is 9.73. The average Bonchev–Trinajstić information content (AvgIpc) is 3.00. The van der Waals surface area contributed by atoms with Crippen LogP contribution in [0.5, 0.6) is 0 Å². The van der Waals surface area contributed by atoms with E-state index in [0.29, 0.717) is 12.6 Å². The van der Waals surface area contributed by atoms with Crippen molar-refractivity contribution < 1.29 is 0 Å². The van der Waals surface area contributed by atoms with Crippen LogP contribution in [0.2, 0.25) is 0 Å². The number of hydrogen-bond donors (Lipinski definition) is 2. The summed E-state index contributed by atoms with van der Waals surface area (Å²) in [6, 6.07) is 6.47. The van der Waals surface area contributed by atoms with Gasteiger partial charge in [0.05, 0.1) is 6.54 Å². The molecule has 0 saturated carbocycles. The third kappa shape index (κ3) is 6.77. The number of hydrogen-bond acceptors (Lipinski definition) is 4. The average molecular weight is 459 g/mol. The molecule has 0 bridgehead atoms. The smallest absolute Gasteiger partial charge is 0.191 e. The molecule has 25 heavy (non-hydrogen) atoms. The maximum Gasteiger partial charge on any atom is 0.191 e. The summed E-state index contributed by atoms with van der Waals surface area (Å²) in [7, 11) is 3.95. The summed E-state index contributed by atoms with van der Waals surface area (Å²) in [6.07, 6.45) is 4.26. The molecule has 140 valence electrons. The number of rotatable bonds is 8. The van der Waals surface area contributed by atoms with Gasteiger partial charge in [-0.3, -0.25) is 9.39 Å². The fraction of sp³-hybridized carbons (Fsp3) is 0.588. The number of fused-ring (bicyclic) bond motifs is 1. The molecule has 0 aliphatic rings. The maximum absolute atomic E-state index is 4.26. The Hall–Kier alpha value is -1.42. The van der Waals surface area contributed by atoms with E-state index in [9.17, 15) is 0 Å². The molecule has 0 unspecified atom stereocenters. The third-order valence-corrected chi connectivity index (χ3v) is 4.13. The lowest BCUT2D eigenvalue weighted by Crippen LogP contribution is -2.38. The first-order valence-corrected chi connectivity index (χ1v) is 8.55. The molecule has 2 heterocycles. The summed E-state index contributed by atoms with van der Waals surface area (Å²) >= 11 is 0. The largest absolute Gasteiger partial charge is 0.356 e. The molecule has 0 amide bonds. The van der Waals surface area contributed by atoms with Gasteiger partial charge in [-0.2, -0.15) is 0 Å². The van der Waals surface area contributed by atoms with Crippen molar-refractivity contribution in [2.45, 2.75) is 39.3 Å². The minimum absolute atomic E-state index is 0. The van der Waals surface area contributed by atoms with Gasteiger partial charge in [0.15, 0.2) is 17.4 Å². The fourth-order valence-corrected chi connectivity index (χ4v) is 2.35. The summed E-state index contributed by atoms with van der Waals surface area (Å²) < 4.78 is 1.97. The highest BCUT2D eigenvalue weighted by molar-refractivity contribution is 14.0. The zero-order chi connectivity index (χ0) is 17.4. The van der Waals surface area contributed by atoms with Crippen molar-refractivity contribution in [3.8, 4) is 0 Å². The lowest BCUT2D eigenvalue weighted by Gasteiger charge is -2.20. The zero-order valence-corrected chi connectivity index (χ0v) is 17.9. The second-order valence-corrected chi connectivity index (χ2v) is 6.18. The Balaban J connectivity index is 0.00000312. The van der Waals surface area contributed by atoms with Gasteiger partial charge < -0.3 is 15.5 Å². The van der Waals surface area contributed by atoms with Crippen LogP contribution >= 0.6 is 24.0 Å². The van der Waals surface area contributed by atoms with E-state index in [1.807, 2.05) is 28.8 Å². The van der Waals surface area contributed by atoms with E-state index in [-0.39, 0.29) is 24.0 Å². The summed E-state index contributed by atoms with van der Waals surface area (Å²) in [5.74, 6) is 1.66. The number of nitrogens with one attached hydrogen (secondary N) is 2. The first kappa shape index (κ1) is 21.6. The highest BCUT2D eigenvalue weighted by atomic mass is 127. The SMILES string of the molecule is CN=C(NCCCCN(C)C(C)C)NCc1nnc2ccccn12.I. The van der Waals surface area contributed by atoms with E-state index in [1.54, 1.807) is 7.05 Å². The Morgan fingerprint density at radius 1 is 1.24 bits per heavy atom. The quantitative estimate of drug-likeness (QED) is 0.274. The van der Waals surface area contributed by atoms with Crippen molar-refractivity contribution in [2.24, 2.45) is 4.99 Å². The summed E-state index contributed by atoms with van der Waals surface area (Å²) in [4.78, 5) is 6.62. The highest BCUT2D eigenvalue weighted by Gasteiger charge is 2.06. The molecule has 0 radical (unpaired) electrons. The Morgan fingerprint density at radius 2 is 2.04 bits per heavy atom. The molecule has 0 aliphatic carbocycles. The van der Waals surface area contributed by atoms with Gasteiger partial charge in [0.1, 0.15) is 0 Å². The van der Waals surface area contributed by atoms with Crippen LogP contribution in [0.15, 0.2) is 29.4 Å². The molecule has 8 heteroatoms. The normalized spacial score (nSPS) is 11.8. The zero-order valence-electron chi connectivity index (χ0n) is 15.6. The minimum atomic E-state index is 0. The molecular formula is C17H30IN7. The number of nitrogens with zero attached hydrogens (tertiary/aromatic N) is 5. The summed E-state index contributed by atoms with van der Waals surface area (Å²) in [5, 5.41) is 15.0. The second-order valence-electron chi connectivity index (χ2n) is 6.18. The summed E-state index contributed by atoms with van der Waals surface area (Å²) in [5.41, 5.74) is 0.853. The first-order valence-electron chi connectivity index (χ1n) is 8.55. The number of pyridine rings is 1. The molecule has 0 fully saturated rings. The third-order valence-electron chi connectivity index (χ3n) is 4.13. The molecule has 2 aromatic heterocycles. The standard InChI is InChI=1S/C17H29N7.HI/c1-14(2)23(4)11-8-6-10-19-17(18-3)20-13-16-22-21-15-9-5-7-12-24(15)16;/h5,7,9,12,14H,6,8,10-11,13H2,1-4H3,(H2,18,19,20);1H. The van der Waals surface area contributed by atoms with Gasteiger partial charge in [0.25, 0.3) is 0 Å². The van der Waals surface area contributed by atoms with Crippen molar-refractivity contribution in [1.29, 1.82) is 0 Å². The molecule has 2 aromatic rings. The molecule has 0 aromatic carbocycles. The number of guanidine groups is 1. The van der Waals surface area contributed by atoms with Gasteiger partial charge in [-0.05, 0) is 52.4 Å². The molecular weight excluding hydrogens is 429 g/mol. The van der Waals surface area contributed by atoms with Crippen LogP contribution in [0.25, 0.3) is 5.65 Å². The summed E-state index contributed by atoms with van der Waals surface area (Å²) in [6.45, 7) is 7.06. The molecule has 7 nitrogen and oxygen atoms in total. The van der Waals surface area contributed by atoms with Crippen molar-refractivity contribution in [3.05, 3.63) is 30.2 Å². The fourth-order valence-electron chi connectivity index (χ4n) is 2.35. The van der Waals surface area contributed by atoms with Crippen LogP contribution in [-0.4, -0.2) is 58.7 Å². The van der Waals surface area contributed by atoms with Crippen LogP contribution in [0, 0.1) is 0 Å². The Labute approximate surface area is 167 Å². The molecule has 2 rings (SSSR count). The van der Waals surface area contributed by atoms with Crippen molar-refractivity contribution >= 4 is 35.6 Å². The van der Waals surface area contributed by atoms with E-state index in [0.717, 1.165) is 36.9 Å². The Morgan fingerprint density at radius 3 is 2.76 bits per heavy atom. The van der Waals surface area contributed by atoms with E-state index in [1.165, 1.54) is 6.42 Å². The minimum Gasteiger partial charge on any atom is -0.356 e. The van der Waals surface area contributed by atoms with Crippen molar-refractivity contribution in [3.63, 3.8) is 0 Å². The van der Waals surface area contributed by atoms with E-state index in [2.05, 4.69) is 51.6 Å². The van der Waals surface area contributed by atoms with Crippen molar-refractivity contribution in [2.75, 3.05) is 27.2 Å². The topological polar surface area (TPSA) is 69.8 Å². The van der Waals surface area contributed by atoms with Crippen LogP contribution < -0.4 is 10.6 Å². The molecule has 0 aliphatic heterocycles. The van der Waals surface area contributed by atoms with Gasteiger partial charge in [-0.1, -0.05) is 6.07 Å². The monoisotopic (exact) mass is 459 g/mol. The number of halogens is 1. The van der Waals surface area contributed by atoms with Gasteiger partial charge in [0.2, 0.25) is 0 Å². The van der Waals surface area contributed by atoms with Crippen LogP contribution in [0.3, 0.4) is 0 Å². The Bertz CT molecular complexity index is 653. The molecule has 0 saturated heterocycles. The van der Waals surface area contributed by atoms with Crippen LogP contribution in [-0.2, 0) is 6.54 Å². The van der Waals surface area contributed by atoms with Crippen molar-refractivity contribution in [1.82, 2.24) is 30.1 Å². The van der Waals surface area contributed by atoms with Gasteiger partial charge in [-0.25, -0.2) is 0 Å². The van der Waals surface area contributed by atoms with E-state index in [4.69, 9.17) is 0 Å². The molecule has 2 N–H and O–H groups in total. The first-order chi connectivity index (χ1) is 11.6. The lowest BCUT2D eigenvalue weighted by atomic mass is 10.2. The van der Waals surface area contributed by atoms with Gasteiger partial charge in [-0.15, -0.1) is 34.2 Å². The predicted molar refractivity (Wildman–Crippen MR) is 114 cm³/mol. The number of aromatic nitrogens is 3. The predicted octanol–water partition coefficient (Wildman–Crippen LogP) is 2.13. The number of unbranched alkanes of at least 4 members (excludes halogenated alkanes) is 1.